The van der Waals surface area contributed by atoms with Crippen LogP contribution in [0.3, 0.4) is 0 Å². The molecular weight excluding hydrogens is 423 g/mol. The second-order valence-electron chi connectivity index (χ2n) is 8.99. The van der Waals surface area contributed by atoms with Gasteiger partial charge in [-0.3, -0.25) is 4.79 Å². The Hall–Kier alpha value is -2.93. The molecule has 2 aromatic rings. The number of halogens is 1. The van der Waals surface area contributed by atoms with E-state index in [-0.39, 0.29) is 43.0 Å². The maximum Gasteiger partial charge on any atom is 0.252 e. The van der Waals surface area contributed by atoms with E-state index in [2.05, 4.69) is 16.1 Å². The van der Waals surface area contributed by atoms with Crippen molar-refractivity contribution in [2.75, 3.05) is 13.2 Å². The Kier molecular flexibility index (Phi) is 6.31. The molecule has 2 heterocycles. The number of ether oxygens (including phenoxy) is 2. The zero-order valence-electron chi connectivity index (χ0n) is 18.3. The predicted octanol–water partition coefficient (Wildman–Crippen LogP) is 4.71. The molecular formula is C25H27FN4O3. The van der Waals surface area contributed by atoms with Gasteiger partial charge in [0.05, 0.1) is 30.9 Å². The average molecular weight is 451 g/mol. The normalized spacial score (nSPS) is 27.2. The highest BCUT2D eigenvalue weighted by Gasteiger charge is 2.41. The van der Waals surface area contributed by atoms with Gasteiger partial charge < -0.3 is 14.4 Å². The van der Waals surface area contributed by atoms with Crippen molar-refractivity contribution in [2.45, 2.75) is 62.5 Å². The quantitative estimate of drug-likeness (QED) is 0.376. The molecule has 0 N–H and O–H groups in total. The maximum atomic E-state index is 13.7. The van der Waals surface area contributed by atoms with Crippen molar-refractivity contribution in [1.82, 2.24) is 4.90 Å². The first-order valence-corrected chi connectivity index (χ1v) is 11.6. The number of azide groups is 1. The molecule has 172 valence electrons. The molecule has 5 rings (SSSR count). The van der Waals surface area contributed by atoms with Crippen molar-refractivity contribution in [3.63, 3.8) is 0 Å². The van der Waals surface area contributed by atoms with E-state index in [4.69, 9.17) is 15.0 Å². The zero-order chi connectivity index (χ0) is 22.8. The topological polar surface area (TPSA) is 87.5 Å². The van der Waals surface area contributed by atoms with Gasteiger partial charge in [-0.1, -0.05) is 41.5 Å². The van der Waals surface area contributed by atoms with Gasteiger partial charge in [0.2, 0.25) is 0 Å². The highest BCUT2D eigenvalue weighted by molar-refractivity contribution is 5.82. The molecule has 2 fully saturated rings. The first kappa shape index (κ1) is 21.9. The molecule has 7 nitrogen and oxygen atoms in total. The van der Waals surface area contributed by atoms with Crippen LogP contribution < -0.4 is 0 Å². The Labute approximate surface area is 192 Å². The first-order chi connectivity index (χ1) is 16.1. The summed E-state index contributed by atoms with van der Waals surface area (Å²) in [6.45, 7) is 0.758. The van der Waals surface area contributed by atoms with Gasteiger partial charge in [-0.25, -0.2) is 4.39 Å². The molecule has 4 atom stereocenters. The van der Waals surface area contributed by atoms with Crippen LogP contribution in [-0.2, 0) is 20.7 Å². The van der Waals surface area contributed by atoms with Gasteiger partial charge in [0, 0.05) is 11.5 Å². The molecule has 2 aromatic carbocycles. The zero-order valence-corrected chi connectivity index (χ0v) is 18.3. The summed E-state index contributed by atoms with van der Waals surface area (Å²) in [5.74, 6) is -0.454. The van der Waals surface area contributed by atoms with Gasteiger partial charge in [-0.2, -0.15) is 0 Å². The Morgan fingerprint density at radius 2 is 1.97 bits per heavy atom. The molecule has 1 saturated heterocycles. The van der Waals surface area contributed by atoms with Crippen molar-refractivity contribution in [2.24, 2.45) is 5.11 Å². The second kappa shape index (κ2) is 9.51. The first-order valence-electron chi connectivity index (χ1n) is 11.6. The van der Waals surface area contributed by atoms with Crippen LogP contribution in [0.5, 0.6) is 0 Å². The number of hydrogen-bond acceptors (Lipinski definition) is 4. The smallest absolute Gasteiger partial charge is 0.252 e. The number of nitrogens with zero attached hydrogens (tertiary/aromatic N) is 4. The molecule has 0 aromatic heterocycles. The van der Waals surface area contributed by atoms with Crippen LogP contribution in [0.2, 0.25) is 0 Å². The van der Waals surface area contributed by atoms with Gasteiger partial charge in [0.25, 0.3) is 5.91 Å². The molecule has 0 unspecified atom stereocenters. The van der Waals surface area contributed by atoms with Crippen LogP contribution in [0.1, 0.15) is 48.4 Å². The van der Waals surface area contributed by atoms with Crippen molar-refractivity contribution in [1.29, 1.82) is 0 Å². The van der Waals surface area contributed by atoms with E-state index in [0.717, 1.165) is 36.8 Å². The maximum absolute atomic E-state index is 13.7. The summed E-state index contributed by atoms with van der Waals surface area (Å²) in [5, 5.41) is 3.94. The van der Waals surface area contributed by atoms with Gasteiger partial charge in [-0.05, 0) is 66.5 Å². The molecule has 33 heavy (non-hydrogen) atoms. The lowest BCUT2D eigenvalue weighted by atomic mass is 9.87. The number of carbonyl (C=O) groups is 1. The predicted molar refractivity (Wildman–Crippen MR) is 120 cm³/mol. The van der Waals surface area contributed by atoms with Gasteiger partial charge in [0.1, 0.15) is 11.9 Å². The Bertz CT molecular complexity index is 1050. The minimum absolute atomic E-state index is 0.140. The highest BCUT2D eigenvalue weighted by Crippen LogP contribution is 2.37. The van der Waals surface area contributed by atoms with E-state index in [1.165, 1.54) is 17.7 Å². The summed E-state index contributed by atoms with van der Waals surface area (Å²) in [7, 11) is 0. The van der Waals surface area contributed by atoms with Crippen molar-refractivity contribution < 1.29 is 18.7 Å². The van der Waals surface area contributed by atoms with E-state index in [0.29, 0.717) is 6.54 Å². The summed E-state index contributed by atoms with van der Waals surface area (Å²) in [5.41, 5.74) is 12.1. The molecule has 3 aliphatic rings. The Balaban J connectivity index is 1.39. The largest absolute Gasteiger partial charge is 0.372 e. The number of fused-ring (bicyclic) bond motifs is 1. The fourth-order valence-electron chi connectivity index (χ4n) is 5.00. The monoisotopic (exact) mass is 450 g/mol. The Morgan fingerprint density at radius 3 is 2.70 bits per heavy atom. The third-order valence-electron chi connectivity index (χ3n) is 6.99. The lowest BCUT2D eigenvalue weighted by Gasteiger charge is -2.42. The number of benzene rings is 2. The number of carbonyl (C=O) groups excluding carboxylic acids is 1. The minimum Gasteiger partial charge on any atom is -0.372 e. The van der Waals surface area contributed by atoms with E-state index in [9.17, 15) is 9.18 Å². The highest BCUT2D eigenvalue weighted by atomic mass is 19.1. The molecule has 0 bridgehead atoms. The SMILES string of the molecule is [N-]=[N+]=N[C@H]1C[C@H](C(=O)N2CCc3ccccc3[C@@H]2c2ccc(F)cc2)OC[C@@H]1OC1CCC1. The summed E-state index contributed by atoms with van der Waals surface area (Å²) < 4.78 is 25.7. The molecule has 1 amide bonds. The fraction of sp³-hybridized carbons (Fsp3) is 0.480. The third-order valence-corrected chi connectivity index (χ3v) is 6.99. The van der Waals surface area contributed by atoms with Crippen LogP contribution in [0.25, 0.3) is 10.4 Å². The lowest BCUT2D eigenvalue weighted by Crippen LogP contribution is -2.52. The Morgan fingerprint density at radius 1 is 1.18 bits per heavy atom. The lowest BCUT2D eigenvalue weighted by molar-refractivity contribution is -0.165. The van der Waals surface area contributed by atoms with Crippen LogP contribution in [0.4, 0.5) is 4.39 Å². The molecule has 0 spiro atoms. The standard InChI is InChI=1S/C25H27FN4O3/c26-18-10-8-17(9-11-18)24-20-7-2-1-4-16(20)12-13-30(24)25(31)22-14-21(28-29-27)23(15-32-22)33-19-5-3-6-19/h1-2,4,7-11,19,21-24H,3,5-6,12-15H2/t21-,22+,23-,24-/m0/s1. The van der Waals surface area contributed by atoms with Gasteiger partial charge in [-0.15, -0.1) is 0 Å². The summed E-state index contributed by atoms with van der Waals surface area (Å²) >= 11 is 0. The summed E-state index contributed by atoms with van der Waals surface area (Å²) in [6, 6.07) is 13.6. The second-order valence-corrected chi connectivity index (χ2v) is 8.99. The fourth-order valence-corrected chi connectivity index (χ4v) is 5.00. The summed E-state index contributed by atoms with van der Waals surface area (Å²) in [4.78, 5) is 18.5. The molecule has 1 aliphatic carbocycles. The van der Waals surface area contributed by atoms with E-state index >= 15 is 0 Å². The molecule has 0 radical (unpaired) electrons. The van der Waals surface area contributed by atoms with E-state index in [1.807, 2.05) is 23.1 Å². The van der Waals surface area contributed by atoms with Crippen LogP contribution in [0, 0.1) is 5.82 Å². The molecule has 8 heteroatoms. The van der Waals surface area contributed by atoms with Crippen LogP contribution in [-0.4, -0.2) is 48.3 Å². The summed E-state index contributed by atoms with van der Waals surface area (Å²) in [6.07, 6.45) is 3.33. The third kappa shape index (κ3) is 4.47. The van der Waals surface area contributed by atoms with E-state index in [1.54, 1.807) is 12.1 Å². The van der Waals surface area contributed by atoms with Crippen molar-refractivity contribution in [3.05, 3.63) is 81.5 Å². The molecule has 1 saturated carbocycles. The average Bonchev–Trinajstić information content (AvgIpc) is 2.81. The molecule has 2 aliphatic heterocycles. The van der Waals surface area contributed by atoms with Crippen LogP contribution >= 0.6 is 0 Å². The number of rotatable bonds is 5. The number of hydrogen-bond donors (Lipinski definition) is 0. The van der Waals surface area contributed by atoms with E-state index < -0.39 is 12.1 Å². The minimum atomic E-state index is -0.713. The van der Waals surface area contributed by atoms with Crippen LogP contribution in [0.15, 0.2) is 53.6 Å². The van der Waals surface area contributed by atoms with Gasteiger partial charge in [0.15, 0.2) is 0 Å². The van der Waals surface area contributed by atoms with Gasteiger partial charge >= 0.3 is 0 Å². The van der Waals surface area contributed by atoms with Crippen molar-refractivity contribution in [3.8, 4) is 0 Å². The number of amides is 1. The van der Waals surface area contributed by atoms with Crippen molar-refractivity contribution >= 4 is 5.91 Å².